The molecular formula is C42H82N2. The summed E-state index contributed by atoms with van der Waals surface area (Å²) in [5.74, 6) is 2.06. The van der Waals surface area contributed by atoms with E-state index in [0.717, 1.165) is 0 Å². The van der Waals surface area contributed by atoms with Crippen molar-refractivity contribution >= 4 is 0 Å². The molecule has 0 N–H and O–H groups in total. The van der Waals surface area contributed by atoms with Crippen LogP contribution >= 0.6 is 0 Å². The SMILES string of the molecule is CCCCCCCCCCCCCCCCCC(CCCCCCCCCCCCC)c1nccn1C(C)CCCCCC. The van der Waals surface area contributed by atoms with E-state index in [4.69, 9.17) is 4.98 Å². The van der Waals surface area contributed by atoms with Crippen molar-refractivity contribution in [2.45, 2.75) is 252 Å². The first-order valence-electron chi connectivity index (χ1n) is 20.8. The van der Waals surface area contributed by atoms with E-state index in [1.165, 1.54) is 218 Å². The molecule has 0 aliphatic rings. The smallest absolute Gasteiger partial charge is 0.111 e. The van der Waals surface area contributed by atoms with Gasteiger partial charge in [-0.2, -0.15) is 0 Å². The van der Waals surface area contributed by atoms with Gasteiger partial charge in [0.05, 0.1) is 0 Å². The highest BCUT2D eigenvalue weighted by molar-refractivity contribution is 5.02. The first-order chi connectivity index (χ1) is 21.7. The van der Waals surface area contributed by atoms with Gasteiger partial charge in [-0.3, -0.25) is 0 Å². The van der Waals surface area contributed by atoms with Gasteiger partial charge < -0.3 is 4.57 Å². The molecule has 260 valence electrons. The number of unbranched alkanes of at least 4 members (excludes halogenated alkanes) is 27. The van der Waals surface area contributed by atoms with Gasteiger partial charge in [0, 0.05) is 24.4 Å². The van der Waals surface area contributed by atoms with Gasteiger partial charge in [-0.15, -0.1) is 0 Å². The van der Waals surface area contributed by atoms with Crippen LogP contribution in [0.4, 0.5) is 0 Å². The predicted octanol–water partition coefficient (Wildman–Crippen LogP) is 15.5. The molecule has 0 amide bonds. The zero-order chi connectivity index (χ0) is 31.8. The highest BCUT2D eigenvalue weighted by Crippen LogP contribution is 2.31. The molecule has 2 unspecified atom stereocenters. The lowest BCUT2D eigenvalue weighted by atomic mass is 9.92. The summed E-state index contributed by atoms with van der Waals surface area (Å²) >= 11 is 0. The second-order valence-electron chi connectivity index (χ2n) is 14.7. The van der Waals surface area contributed by atoms with E-state index >= 15 is 0 Å². The van der Waals surface area contributed by atoms with E-state index in [2.05, 4.69) is 44.7 Å². The van der Waals surface area contributed by atoms with Gasteiger partial charge in [-0.05, 0) is 26.2 Å². The molecule has 0 spiro atoms. The van der Waals surface area contributed by atoms with Crippen molar-refractivity contribution in [2.24, 2.45) is 0 Å². The summed E-state index contributed by atoms with van der Waals surface area (Å²) in [5, 5.41) is 0. The predicted molar refractivity (Wildman–Crippen MR) is 199 cm³/mol. The fraction of sp³-hybridized carbons (Fsp3) is 0.929. The molecule has 0 bridgehead atoms. The standard InChI is InChI=1S/C42H82N2/c1-5-8-11-14-16-18-20-21-22-23-25-27-29-31-34-37-41(36-33-30-28-26-24-19-17-15-12-9-6-2)42-43-38-39-44(42)40(4)35-32-13-10-7-3/h38-41H,5-37H2,1-4H3. The van der Waals surface area contributed by atoms with Crippen molar-refractivity contribution in [3.05, 3.63) is 18.2 Å². The lowest BCUT2D eigenvalue weighted by Gasteiger charge is -2.22. The van der Waals surface area contributed by atoms with Crippen molar-refractivity contribution in [3.8, 4) is 0 Å². The second kappa shape index (κ2) is 32.2. The Bertz CT molecular complexity index is 679. The maximum atomic E-state index is 5.00. The third-order valence-electron chi connectivity index (χ3n) is 10.3. The van der Waals surface area contributed by atoms with E-state index in [0.29, 0.717) is 12.0 Å². The maximum Gasteiger partial charge on any atom is 0.111 e. The summed E-state index contributed by atoms with van der Waals surface area (Å²) < 4.78 is 2.57. The molecule has 0 saturated heterocycles. The summed E-state index contributed by atoms with van der Waals surface area (Å²) in [4.78, 5) is 5.00. The topological polar surface area (TPSA) is 17.8 Å². The Balaban J connectivity index is 2.32. The average molecular weight is 615 g/mol. The van der Waals surface area contributed by atoms with Crippen LogP contribution in [0.1, 0.15) is 257 Å². The fourth-order valence-electron chi connectivity index (χ4n) is 7.24. The van der Waals surface area contributed by atoms with Gasteiger partial charge in [0.15, 0.2) is 0 Å². The van der Waals surface area contributed by atoms with Crippen molar-refractivity contribution in [1.29, 1.82) is 0 Å². The van der Waals surface area contributed by atoms with Crippen LogP contribution in [0.15, 0.2) is 12.4 Å². The van der Waals surface area contributed by atoms with Crippen molar-refractivity contribution in [3.63, 3.8) is 0 Å². The number of hydrogen-bond donors (Lipinski definition) is 0. The molecule has 0 radical (unpaired) electrons. The average Bonchev–Trinajstić information content (AvgIpc) is 3.53. The van der Waals surface area contributed by atoms with Crippen LogP contribution < -0.4 is 0 Å². The Morgan fingerprint density at radius 2 is 0.727 bits per heavy atom. The molecular weight excluding hydrogens is 532 g/mol. The molecule has 0 aliphatic carbocycles. The Morgan fingerprint density at radius 3 is 1.09 bits per heavy atom. The lowest BCUT2D eigenvalue weighted by Crippen LogP contribution is -2.13. The number of hydrogen-bond acceptors (Lipinski definition) is 1. The van der Waals surface area contributed by atoms with Gasteiger partial charge >= 0.3 is 0 Å². The minimum Gasteiger partial charge on any atom is -0.332 e. The summed E-state index contributed by atoms with van der Waals surface area (Å²) in [7, 11) is 0. The molecule has 2 atom stereocenters. The monoisotopic (exact) mass is 615 g/mol. The molecule has 1 rings (SSSR count). The Kier molecular flexibility index (Phi) is 30.1. The minimum atomic E-state index is 0.588. The minimum absolute atomic E-state index is 0.588. The van der Waals surface area contributed by atoms with E-state index in [-0.39, 0.29) is 0 Å². The highest BCUT2D eigenvalue weighted by Gasteiger charge is 2.19. The molecule has 2 nitrogen and oxygen atoms in total. The van der Waals surface area contributed by atoms with Crippen LogP contribution in [0.3, 0.4) is 0 Å². The van der Waals surface area contributed by atoms with Gasteiger partial charge in [-0.25, -0.2) is 4.98 Å². The molecule has 0 aliphatic heterocycles. The normalized spacial score (nSPS) is 13.1. The van der Waals surface area contributed by atoms with Gasteiger partial charge in [-0.1, -0.05) is 213 Å². The molecule has 2 heteroatoms. The maximum absolute atomic E-state index is 5.00. The van der Waals surface area contributed by atoms with Gasteiger partial charge in [0.2, 0.25) is 0 Å². The summed E-state index contributed by atoms with van der Waals surface area (Å²) in [6, 6.07) is 0.588. The lowest BCUT2D eigenvalue weighted by molar-refractivity contribution is 0.413. The number of nitrogens with zero attached hydrogens (tertiary/aromatic N) is 2. The molecule has 0 fully saturated rings. The van der Waals surface area contributed by atoms with Crippen LogP contribution in [0.25, 0.3) is 0 Å². The number of rotatable bonds is 35. The molecule has 44 heavy (non-hydrogen) atoms. The largest absolute Gasteiger partial charge is 0.332 e. The summed E-state index contributed by atoms with van der Waals surface area (Å²) in [6.07, 6.45) is 51.2. The van der Waals surface area contributed by atoms with Crippen LogP contribution in [0, 0.1) is 0 Å². The molecule has 1 aromatic rings. The van der Waals surface area contributed by atoms with Crippen LogP contribution in [-0.2, 0) is 0 Å². The third-order valence-corrected chi connectivity index (χ3v) is 10.3. The summed E-state index contributed by atoms with van der Waals surface area (Å²) in [5.41, 5.74) is 0. The Labute approximate surface area is 278 Å². The molecule has 1 aromatic heterocycles. The zero-order valence-electron chi connectivity index (χ0n) is 31.0. The first kappa shape index (κ1) is 41.2. The number of imidazole rings is 1. The van der Waals surface area contributed by atoms with Crippen molar-refractivity contribution in [2.75, 3.05) is 0 Å². The summed E-state index contributed by atoms with van der Waals surface area (Å²) in [6.45, 7) is 9.37. The van der Waals surface area contributed by atoms with Gasteiger partial charge in [0.1, 0.15) is 5.82 Å². The van der Waals surface area contributed by atoms with Gasteiger partial charge in [0.25, 0.3) is 0 Å². The third kappa shape index (κ3) is 23.5. The van der Waals surface area contributed by atoms with Crippen LogP contribution in [0.2, 0.25) is 0 Å². The van der Waals surface area contributed by atoms with E-state index in [1.807, 2.05) is 0 Å². The van der Waals surface area contributed by atoms with E-state index < -0.39 is 0 Å². The molecule has 0 saturated carbocycles. The zero-order valence-corrected chi connectivity index (χ0v) is 31.0. The Morgan fingerprint density at radius 1 is 0.432 bits per heavy atom. The molecule has 0 aromatic carbocycles. The van der Waals surface area contributed by atoms with E-state index in [9.17, 15) is 0 Å². The van der Waals surface area contributed by atoms with Crippen molar-refractivity contribution < 1.29 is 0 Å². The second-order valence-corrected chi connectivity index (χ2v) is 14.7. The number of aromatic nitrogens is 2. The van der Waals surface area contributed by atoms with E-state index in [1.54, 1.807) is 0 Å². The van der Waals surface area contributed by atoms with Crippen LogP contribution in [-0.4, -0.2) is 9.55 Å². The highest BCUT2D eigenvalue weighted by atomic mass is 15.1. The quantitative estimate of drug-likeness (QED) is 0.0695. The van der Waals surface area contributed by atoms with Crippen molar-refractivity contribution in [1.82, 2.24) is 9.55 Å². The van der Waals surface area contributed by atoms with Crippen LogP contribution in [0.5, 0.6) is 0 Å². The Hall–Kier alpha value is -0.790. The fourth-order valence-corrected chi connectivity index (χ4v) is 7.24. The molecule has 1 heterocycles. The first-order valence-corrected chi connectivity index (χ1v) is 20.8.